The molecule has 1 heterocycles. The number of hydrogen-bond donors (Lipinski definition) is 1. The van der Waals surface area contributed by atoms with E-state index in [0.29, 0.717) is 42.2 Å². The number of likely N-dealkylation sites (tertiary alicyclic amines) is 1. The highest BCUT2D eigenvalue weighted by atomic mass is 16.5. The van der Waals surface area contributed by atoms with Crippen molar-refractivity contribution in [3.8, 4) is 11.5 Å². The summed E-state index contributed by atoms with van der Waals surface area (Å²) in [4.78, 5) is 27.8. The molecule has 0 aliphatic carbocycles. The number of carbonyl (C=O) groups is 2. The van der Waals surface area contributed by atoms with Crippen LogP contribution in [0.2, 0.25) is 0 Å². The van der Waals surface area contributed by atoms with E-state index in [1.165, 1.54) is 4.90 Å². The highest BCUT2D eigenvalue weighted by molar-refractivity contribution is 6.46. The Hall–Kier alpha value is -3.32. The number of amides is 1. The molecule has 0 radical (unpaired) electrons. The molecule has 1 amide bonds. The SMILES string of the molecule is COc1cccc(C2/C(=C(\O)c3ccc(OC(C)C)c(C)c3)C(=O)C(=O)N2CCCOC(C)C)c1. The Morgan fingerprint density at radius 2 is 1.80 bits per heavy atom. The summed E-state index contributed by atoms with van der Waals surface area (Å²) in [6, 6.07) is 11.7. The van der Waals surface area contributed by atoms with Crippen LogP contribution >= 0.6 is 0 Å². The van der Waals surface area contributed by atoms with Gasteiger partial charge in [-0.25, -0.2) is 0 Å². The summed E-state index contributed by atoms with van der Waals surface area (Å²) in [6.07, 6.45) is 0.642. The van der Waals surface area contributed by atoms with Crippen molar-refractivity contribution >= 4 is 17.4 Å². The first kappa shape index (κ1) is 26.3. The van der Waals surface area contributed by atoms with Gasteiger partial charge in [0.2, 0.25) is 0 Å². The lowest BCUT2D eigenvalue weighted by Gasteiger charge is -2.26. The fraction of sp³-hybridized carbons (Fsp3) is 0.429. The minimum absolute atomic E-state index is 0.00575. The van der Waals surface area contributed by atoms with Crippen molar-refractivity contribution in [1.29, 1.82) is 0 Å². The number of rotatable bonds is 10. The topological polar surface area (TPSA) is 85.3 Å². The molecule has 7 nitrogen and oxygen atoms in total. The van der Waals surface area contributed by atoms with Gasteiger partial charge in [0.1, 0.15) is 17.3 Å². The third kappa shape index (κ3) is 6.03. The van der Waals surface area contributed by atoms with Crippen molar-refractivity contribution in [1.82, 2.24) is 4.90 Å². The van der Waals surface area contributed by atoms with Gasteiger partial charge in [-0.2, -0.15) is 0 Å². The zero-order chi connectivity index (χ0) is 25.7. The molecule has 0 bridgehead atoms. The summed E-state index contributed by atoms with van der Waals surface area (Å²) in [7, 11) is 1.56. The fourth-order valence-corrected chi connectivity index (χ4v) is 4.16. The minimum atomic E-state index is -0.740. The predicted octanol–water partition coefficient (Wildman–Crippen LogP) is 5.03. The monoisotopic (exact) mass is 481 g/mol. The molecule has 188 valence electrons. The average molecular weight is 482 g/mol. The van der Waals surface area contributed by atoms with Crippen LogP contribution in [0.3, 0.4) is 0 Å². The number of carbonyl (C=O) groups excluding carboxylic acids is 2. The van der Waals surface area contributed by atoms with Gasteiger partial charge in [-0.05, 0) is 82.5 Å². The number of ether oxygens (including phenoxy) is 3. The van der Waals surface area contributed by atoms with E-state index in [1.54, 1.807) is 43.5 Å². The molecule has 1 saturated heterocycles. The quantitative estimate of drug-likeness (QED) is 0.222. The van der Waals surface area contributed by atoms with E-state index in [2.05, 4.69) is 0 Å². The Labute approximate surface area is 207 Å². The fourth-order valence-electron chi connectivity index (χ4n) is 4.16. The highest BCUT2D eigenvalue weighted by Gasteiger charge is 2.46. The Bertz CT molecular complexity index is 1100. The Morgan fingerprint density at radius 1 is 1.06 bits per heavy atom. The third-order valence-corrected chi connectivity index (χ3v) is 5.76. The molecular weight excluding hydrogens is 446 g/mol. The van der Waals surface area contributed by atoms with Crippen LogP contribution in [0.25, 0.3) is 5.76 Å². The van der Waals surface area contributed by atoms with Gasteiger partial charge in [-0.1, -0.05) is 12.1 Å². The molecule has 3 rings (SSSR count). The lowest BCUT2D eigenvalue weighted by Crippen LogP contribution is -2.31. The highest BCUT2D eigenvalue weighted by Crippen LogP contribution is 2.40. The number of ketones is 1. The number of methoxy groups -OCH3 is 1. The standard InChI is InChI=1S/C28H35NO6/c1-17(2)34-14-8-13-29-25(20-9-7-10-22(16-20)33-6)24(27(31)28(29)32)26(30)21-11-12-23(19(5)15-21)35-18(3)4/h7,9-12,15-18,25,30H,8,13-14H2,1-6H3/b26-24+. The maximum atomic E-state index is 13.2. The van der Waals surface area contributed by atoms with Crippen LogP contribution in [-0.2, 0) is 14.3 Å². The molecule has 7 heteroatoms. The average Bonchev–Trinajstić information content (AvgIpc) is 3.07. The zero-order valence-corrected chi connectivity index (χ0v) is 21.3. The van der Waals surface area contributed by atoms with Gasteiger partial charge in [0, 0.05) is 18.7 Å². The Kier molecular flexibility index (Phi) is 8.57. The number of aliphatic hydroxyl groups excluding tert-OH is 1. The second kappa shape index (κ2) is 11.4. The zero-order valence-electron chi connectivity index (χ0n) is 21.3. The number of hydrogen-bond acceptors (Lipinski definition) is 6. The van der Waals surface area contributed by atoms with Crippen molar-refractivity contribution in [2.45, 2.75) is 59.3 Å². The summed E-state index contributed by atoms with van der Waals surface area (Å²) >= 11 is 0. The van der Waals surface area contributed by atoms with E-state index >= 15 is 0 Å². The first-order valence-corrected chi connectivity index (χ1v) is 12.0. The second-order valence-corrected chi connectivity index (χ2v) is 9.19. The molecule has 35 heavy (non-hydrogen) atoms. The molecule has 1 N–H and O–H groups in total. The summed E-state index contributed by atoms with van der Waals surface area (Å²) < 4.78 is 16.8. The van der Waals surface area contributed by atoms with Crippen molar-refractivity contribution in [2.24, 2.45) is 0 Å². The molecule has 1 aliphatic heterocycles. The lowest BCUT2D eigenvalue weighted by atomic mass is 9.94. The van der Waals surface area contributed by atoms with E-state index in [4.69, 9.17) is 14.2 Å². The van der Waals surface area contributed by atoms with Crippen LogP contribution in [0, 0.1) is 6.92 Å². The van der Waals surface area contributed by atoms with Crippen LogP contribution in [0.15, 0.2) is 48.0 Å². The molecule has 0 aromatic heterocycles. The van der Waals surface area contributed by atoms with E-state index < -0.39 is 17.7 Å². The molecule has 0 spiro atoms. The number of benzene rings is 2. The van der Waals surface area contributed by atoms with Crippen LogP contribution in [-0.4, -0.2) is 54.2 Å². The van der Waals surface area contributed by atoms with Gasteiger partial charge in [-0.3, -0.25) is 9.59 Å². The molecule has 1 aliphatic rings. The summed E-state index contributed by atoms with van der Waals surface area (Å²) in [5, 5.41) is 11.3. The van der Waals surface area contributed by atoms with E-state index in [0.717, 1.165) is 5.56 Å². The van der Waals surface area contributed by atoms with Crippen molar-refractivity contribution in [3.05, 3.63) is 64.7 Å². The normalized spacial score (nSPS) is 17.5. The number of nitrogens with zero attached hydrogens (tertiary/aromatic N) is 1. The van der Waals surface area contributed by atoms with E-state index in [1.807, 2.05) is 40.7 Å². The lowest BCUT2D eigenvalue weighted by molar-refractivity contribution is -0.140. The predicted molar refractivity (Wildman–Crippen MR) is 135 cm³/mol. The smallest absolute Gasteiger partial charge is 0.295 e. The van der Waals surface area contributed by atoms with Gasteiger partial charge in [0.05, 0.1) is 30.9 Å². The van der Waals surface area contributed by atoms with Crippen LogP contribution in [0.5, 0.6) is 11.5 Å². The summed E-state index contributed by atoms with van der Waals surface area (Å²) in [5.41, 5.74) is 2.02. The molecular formula is C28H35NO6. The first-order valence-electron chi connectivity index (χ1n) is 12.0. The van der Waals surface area contributed by atoms with Crippen molar-refractivity contribution in [2.75, 3.05) is 20.3 Å². The number of aliphatic hydroxyl groups is 1. The van der Waals surface area contributed by atoms with Gasteiger partial charge < -0.3 is 24.2 Å². The molecule has 0 saturated carbocycles. The largest absolute Gasteiger partial charge is 0.507 e. The van der Waals surface area contributed by atoms with Gasteiger partial charge >= 0.3 is 0 Å². The number of aryl methyl sites for hydroxylation is 1. The molecule has 2 aromatic carbocycles. The van der Waals surface area contributed by atoms with Crippen molar-refractivity contribution < 1.29 is 28.9 Å². The first-order chi connectivity index (χ1) is 16.6. The molecule has 1 atom stereocenters. The van der Waals surface area contributed by atoms with E-state index in [-0.39, 0.29) is 23.5 Å². The summed E-state index contributed by atoms with van der Waals surface area (Å²) in [6.45, 7) is 10.4. The summed E-state index contributed by atoms with van der Waals surface area (Å²) in [5.74, 6) is -0.259. The minimum Gasteiger partial charge on any atom is -0.507 e. The van der Waals surface area contributed by atoms with Crippen LogP contribution in [0.4, 0.5) is 0 Å². The van der Waals surface area contributed by atoms with Crippen LogP contribution in [0.1, 0.15) is 56.8 Å². The molecule has 1 fully saturated rings. The maximum Gasteiger partial charge on any atom is 0.295 e. The second-order valence-electron chi connectivity index (χ2n) is 9.19. The molecule has 1 unspecified atom stereocenters. The van der Waals surface area contributed by atoms with Gasteiger partial charge in [-0.15, -0.1) is 0 Å². The third-order valence-electron chi connectivity index (χ3n) is 5.76. The maximum absolute atomic E-state index is 13.2. The van der Waals surface area contributed by atoms with Gasteiger partial charge in [0.25, 0.3) is 11.7 Å². The van der Waals surface area contributed by atoms with Gasteiger partial charge in [0.15, 0.2) is 0 Å². The van der Waals surface area contributed by atoms with Crippen LogP contribution < -0.4 is 9.47 Å². The molecule has 2 aromatic rings. The Morgan fingerprint density at radius 3 is 2.43 bits per heavy atom. The van der Waals surface area contributed by atoms with E-state index in [9.17, 15) is 14.7 Å². The number of Topliss-reactive ketones (excluding diaryl/α,β-unsaturated/α-hetero) is 1. The van der Waals surface area contributed by atoms with Crippen molar-refractivity contribution in [3.63, 3.8) is 0 Å². The Balaban J connectivity index is 2.06.